The zero-order chi connectivity index (χ0) is 23.6. The van der Waals surface area contributed by atoms with Crippen LogP contribution in [0.2, 0.25) is 5.02 Å². The number of para-hydroxylation sites is 1. The van der Waals surface area contributed by atoms with Crippen molar-refractivity contribution in [2.24, 2.45) is 0 Å². The van der Waals surface area contributed by atoms with E-state index in [1.165, 1.54) is 30.3 Å². The van der Waals surface area contributed by atoms with Gasteiger partial charge in [0, 0.05) is 37.4 Å². The van der Waals surface area contributed by atoms with E-state index in [9.17, 15) is 17.6 Å². The van der Waals surface area contributed by atoms with E-state index in [1.54, 1.807) is 42.2 Å². The first-order valence-electron chi connectivity index (χ1n) is 10.4. The molecule has 1 aliphatic rings. The number of amides is 1. The van der Waals surface area contributed by atoms with Gasteiger partial charge in [0.2, 0.25) is 0 Å². The number of hydrogen-bond donors (Lipinski definition) is 1. The lowest BCUT2D eigenvalue weighted by Gasteiger charge is -2.36. The van der Waals surface area contributed by atoms with Gasteiger partial charge in [0.25, 0.3) is 15.9 Å². The smallest absolute Gasteiger partial charge is 0.263 e. The van der Waals surface area contributed by atoms with E-state index >= 15 is 0 Å². The molecule has 1 heterocycles. The Hall–Kier alpha value is -3.10. The van der Waals surface area contributed by atoms with E-state index < -0.39 is 10.0 Å². The Bertz CT molecular complexity index is 1270. The molecule has 0 spiro atoms. The van der Waals surface area contributed by atoms with Crippen LogP contribution < -0.4 is 9.62 Å². The molecule has 3 aromatic rings. The lowest BCUT2D eigenvalue weighted by molar-refractivity contribution is 0.0746. The third-order valence-corrected chi connectivity index (χ3v) is 7.46. The Balaban J connectivity index is 1.50. The predicted octanol–water partition coefficient (Wildman–Crippen LogP) is 4.55. The number of nitrogens with zero attached hydrogens (tertiary/aromatic N) is 2. The second-order valence-electron chi connectivity index (χ2n) is 7.82. The van der Waals surface area contributed by atoms with E-state index in [0.29, 0.717) is 31.9 Å². The molecule has 1 fully saturated rings. The molecule has 3 aromatic carbocycles. The minimum atomic E-state index is -3.99. The van der Waals surface area contributed by atoms with Crippen molar-refractivity contribution in [2.45, 2.75) is 11.8 Å². The van der Waals surface area contributed by atoms with E-state index in [1.807, 2.05) is 6.07 Å². The van der Waals surface area contributed by atoms with Gasteiger partial charge in [-0.15, -0.1) is 0 Å². The number of nitrogens with one attached hydrogen (secondary N) is 1. The van der Waals surface area contributed by atoms with E-state index in [4.69, 9.17) is 11.6 Å². The first-order valence-corrected chi connectivity index (χ1v) is 12.3. The molecule has 1 amide bonds. The Labute approximate surface area is 197 Å². The van der Waals surface area contributed by atoms with Gasteiger partial charge in [-0.05, 0) is 61.0 Å². The van der Waals surface area contributed by atoms with Crippen molar-refractivity contribution < 1.29 is 17.6 Å². The molecule has 0 aromatic heterocycles. The molecule has 0 unspecified atom stereocenters. The predicted molar refractivity (Wildman–Crippen MR) is 128 cm³/mol. The monoisotopic (exact) mass is 487 g/mol. The number of hydrogen-bond acceptors (Lipinski definition) is 4. The van der Waals surface area contributed by atoms with Gasteiger partial charge in [-0.25, -0.2) is 12.8 Å². The highest BCUT2D eigenvalue weighted by molar-refractivity contribution is 7.92. The van der Waals surface area contributed by atoms with Crippen LogP contribution in [0.25, 0.3) is 0 Å². The van der Waals surface area contributed by atoms with Crippen LogP contribution in [0.5, 0.6) is 0 Å². The van der Waals surface area contributed by atoms with Gasteiger partial charge in [0.1, 0.15) is 10.7 Å². The fourth-order valence-electron chi connectivity index (χ4n) is 3.73. The van der Waals surface area contributed by atoms with Gasteiger partial charge < -0.3 is 9.80 Å². The molecule has 172 valence electrons. The Morgan fingerprint density at radius 1 is 0.970 bits per heavy atom. The third kappa shape index (κ3) is 5.12. The molecule has 4 rings (SSSR count). The molecule has 9 heteroatoms. The van der Waals surface area contributed by atoms with Crippen molar-refractivity contribution in [3.8, 4) is 0 Å². The summed E-state index contributed by atoms with van der Waals surface area (Å²) in [7, 11) is -3.99. The first-order chi connectivity index (χ1) is 15.7. The van der Waals surface area contributed by atoms with Crippen molar-refractivity contribution in [1.29, 1.82) is 0 Å². The minimum absolute atomic E-state index is 0.0359. The van der Waals surface area contributed by atoms with Crippen LogP contribution in [-0.4, -0.2) is 45.4 Å². The van der Waals surface area contributed by atoms with Crippen LogP contribution in [0.15, 0.2) is 71.6 Å². The summed E-state index contributed by atoms with van der Waals surface area (Å²) >= 11 is 6.20. The number of anilines is 2. The average molecular weight is 488 g/mol. The van der Waals surface area contributed by atoms with Crippen molar-refractivity contribution in [1.82, 2.24) is 4.90 Å². The fourth-order valence-corrected chi connectivity index (χ4v) is 5.39. The summed E-state index contributed by atoms with van der Waals surface area (Å²) in [5.41, 5.74) is 2.36. The number of halogens is 2. The molecule has 1 N–H and O–H groups in total. The van der Waals surface area contributed by atoms with E-state index in [-0.39, 0.29) is 27.2 Å². The topological polar surface area (TPSA) is 69.7 Å². The maximum atomic E-state index is 13.2. The van der Waals surface area contributed by atoms with Gasteiger partial charge in [-0.2, -0.15) is 0 Å². The van der Waals surface area contributed by atoms with Crippen LogP contribution in [0, 0.1) is 12.7 Å². The molecule has 1 saturated heterocycles. The molecule has 33 heavy (non-hydrogen) atoms. The molecular formula is C24H23ClFN3O3S. The average Bonchev–Trinajstić information content (AvgIpc) is 2.81. The zero-order valence-corrected chi connectivity index (χ0v) is 19.5. The second kappa shape index (κ2) is 9.41. The molecule has 0 radical (unpaired) electrons. The quantitative estimate of drug-likeness (QED) is 0.573. The highest BCUT2D eigenvalue weighted by Gasteiger charge is 2.25. The summed E-state index contributed by atoms with van der Waals surface area (Å²) in [5.74, 6) is -0.560. The molecular weight excluding hydrogens is 465 g/mol. The summed E-state index contributed by atoms with van der Waals surface area (Å²) in [6.07, 6.45) is 0. The number of rotatable bonds is 5. The normalized spacial score (nSPS) is 14.3. The number of aryl methyl sites for hydroxylation is 1. The summed E-state index contributed by atoms with van der Waals surface area (Å²) in [6.45, 7) is 3.89. The molecule has 0 aliphatic carbocycles. The number of carbonyl (C=O) groups is 1. The van der Waals surface area contributed by atoms with E-state index in [0.717, 1.165) is 11.3 Å². The zero-order valence-electron chi connectivity index (χ0n) is 18.0. The maximum absolute atomic E-state index is 13.2. The summed E-state index contributed by atoms with van der Waals surface area (Å²) in [6, 6.07) is 17.5. The lowest BCUT2D eigenvalue weighted by atomic mass is 10.1. The first kappa shape index (κ1) is 23.1. The van der Waals surface area contributed by atoms with Crippen LogP contribution in [0.3, 0.4) is 0 Å². The fraction of sp³-hybridized carbons (Fsp3) is 0.208. The number of benzene rings is 3. The molecule has 0 atom stereocenters. The summed E-state index contributed by atoms with van der Waals surface area (Å²) in [5, 5.41) is 0.0359. The largest absolute Gasteiger partial charge is 0.368 e. The highest BCUT2D eigenvalue weighted by atomic mass is 35.5. The summed E-state index contributed by atoms with van der Waals surface area (Å²) in [4.78, 5) is 16.7. The summed E-state index contributed by atoms with van der Waals surface area (Å²) < 4.78 is 41.7. The molecule has 0 bridgehead atoms. The standard InChI is InChI=1S/C24H23ClFN3O3S/c1-17-4-2-3-5-22(17)27-33(31,32)23-16-18(6-11-21(23)25)24(30)29-14-12-28(13-15-29)20-9-7-19(26)8-10-20/h2-11,16,27H,12-15H2,1H3. The SMILES string of the molecule is Cc1ccccc1NS(=O)(=O)c1cc(C(=O)N2CCN(c3ccc(F)cc3)CC2)ccc1Cl. The molecule has 6 nitrogen and oxygen atoms in total. The van der Waals surface area contributed by atoms with E-state index in [2.05, 4.69) is 9.62 Å². The van der Waals surface area contributed by atoms with Gasteiger partial charge in [0.05, 0.1) is 10.7 Å². The van der Waals surface area contributed by atoms with Crippen molar-refractivity contribution in [2.75, 3.05) is 35.8 Å². The van der Waals surface area contributed by atoms with Gasteiger partial charge in [-0.1, -0.05) is 29.8 Å². The lowest BCUT2D eigenvalue weighted by Crippen LogP contribution is -2.48. The Kier molecular flexibility index (Phi) is 6.58. The molecule has 0 saturated carbocycles. The van der Waals surface area contributed by atoms with Crippen molar-refractivity contribution in [3.05, 3.63) is 88.7 Å². The van der Waals surface area contributed by atoms with Gasteiger partial charge in [0.15, 0.2) is 0 Å². The maximum Gasteiger partial charge on any atom is 0.263 e. The Morgan fingerprint density at radius 3 is 2.30 bits per heavy atom. The number of piperazine rings is 1. The number of carbonyl (C=O) groups excluding carboxylic acids is 1. The number of sulfonamides is 1. The minimum Gasteiger partial charge on any atom is -0.368 e. The van der Waals surface area contributed by atoms with Crippen molar-refractivity contribution >= 4 is 38.9 Å². The molecule has 1 aliphatic heterocycles. The van der Waals surface area contributed by atoms with Crippen molar-refractivity contribution in [3.63, 3.8) is 0 Å². The second-order valence-corrected chi connectivity index (χ2v) is 9.88. The Morgan fingerprint density at radius 2 is 1.64 bits per heavy atom. The van der Waals surface area contributed by atoms with Crippen LogP contribution in [0.1, 0.15) is 15.9 Å². The van der Waals surface area contributed by atoms with Gasteiger partial charge >= 0.3 is 0 Å². The third-order valence-electron chi connectivity index (χ3n) is 5.62. The van der Waals surface area contributed by atoms with Gasteiger partial charge in [-0.3, -0.25) is 9.52 Å². The van der Waals surface area contributed by atoms with Crippen LogP contribution in [-0.2, 0) is 10.0 Å². The highest BCUT2D eigenvalue weighted by Crippen LogP contribution is 2.27. The van der Waals surface area contributed by atoms with Crippen LogP contribution >= 0.6 is 11.6 Å². The van der Waals surface area contributed by atoms with Crippen LogP contribution in [0.4, 0.5) is 15.8 Å².